The van der Waals surface area contributed by atoms with Gasteiger partial charge in [-0.15, -0.1) is 0 Å². The van der Waals surface area contributed by atoms with Crippen LogP contribution in [0, 0.1) is 0 Å². The summed E-state index contributed by atoms with van der Waals surface area (Å²) in [6, 6.07) is 4.77. The molecule has 0 saturated carbocycles. The van der Waals surface area contributed by atoms with E-state index in [0.29, 0.717) is 0 Å². The Bertz CT molecular complexity index is 824. The van der Waals surface area contributed by atoms with Crippen LogP contribution in [0.3, 0.4) is 0 Å². The van der Waals surface area contributed by atoms with Crippen LogP contribution in [0.25, 0.3) is 6.08 Å². The summed E-state index contributed by atoms with van der Waals surface area (Å²) < 4.78 is 20.9. The van der Waals surface area contributed by atoms with Gasteiger partial charge < -0.3 is 12.3 Å². The normalized spacial score (nSPS) is 15.4. The van der Waals surface area contributed by atoms with E-state index >= 15 is 0 Å². The molecule has 0 fully saturated rings. The maximum atomic E-state index is 7.02. The van der Waals surface area contributed by atoms with Gasteiger partial charge in [-0.05, 0) is 75.5 Å². The Balaban J connectivity index is 3.87. The molecule has 35 heavy (non-hydrogen) atoms. The highest BCUT2D eigenvalue weighted by Crippen LogP contribution is 2.26. The minimum absolute atomic E-state index is 0.261. The van der Waals surface area contributed by atoms with Crippen molar-refractivity contribution in [2.45, 2.75) is 117 Å². The highest BCUT2D eigenvalue weighted by atomic mass is 28.4. The Morgan fingerprint density at radius 2 is 0.886 bits per heavy atom. The SMILES string of the molecule is C=Cc1cc([Si](C)(C)O[SiH2]C(C)(C)C)c([Si](C)(C)O[SiH2]C(C)(C)C)c([Si](C)(C)O[SiH2]C(C)(C)C)c1. The fraction of sp³-hybridized carbons (Fsp3) is 0.692. The Labute approximate surface area is 228 Å². The van der Waals surface area contributed by atoms with Crippen LogP contribution in [-0.2, 0) is 12.3 Å². The van der Waals surface area contributed by atoms with Crippen molar-refractivity contribution in [1.29, 1.82) is 0 Å². The lowest BCUT2D eigenvalue weighted by Crippen LogP contribution is -2.71. The fourth-order valence-corrected chi connectivity index (χ4v) is 22.8. The monoisotopic (exact) mass is 584 g/mol. The summed E-state index contributed by atoms with van der Waals surface area (Å²) in [4.78, 5) is 0. The summed E-state index contributed by atoms with van der Waals surface area (Å²) in [5, 5.41) is 5.14. The molecule has 3 nitrogen and oxygen atoms in total. The Morgan fingerprint density at radius 1 is 0.600 bits per heavy atom. The first-order chi connectivity index (χ1) is 15.4. The molecule has 0 unspecified atom stereocenters. The van der Waals surface area contributed by atoms with Gasteiger partial charge in [0.2, 0.25) is 25.0 Å². The van der Waals surface area contributed by atoms with Crippen molar-refractivity contribution in [3.8, 4) is 0 Å². The molecule has 0 atom stereocenters. The molecule has 9 heteroatoms. The summed E-state index contributed by atoms with van der Waals surface area (Å²) >= 11 is 0. The predicted molar refractivity (Wildman–Crippen MR) is 176 cm³/mol. The predicted octanol–water partition coefficient (Wildman–Crippen LogP) is 4.52. The number of hydrogen-bond acceptors (Lipinski definition) is 3. The molecule has 1 aromatic carbocycles. The Morgan fingerprint density at radius 3 is 1.14 bits per heavy atom. The molecule has 0 aliphatic heterocycles. The average Bonchev–Trinajstić information content (AvgIpc) is 2.67. The van der Waals surface area contributed by atoms with Crippen molar-refractivity contribution in [2.75, 3.05) is 0 Å². The van der Waals surface area contributed by atoms with Gasteiger partial charge in [-0.3, -0.25) is 0 Å². The molecule has 0 N–H and O–H groups in total. The highest BCUT2D eigenvalue weighted by Gasteiger charge is 2.43. The molecule has 0 radical (unpaired) electrons. The third-order valence-electron chi connectivity index (χ3n) is 5.89. The lowest BCUT2D eigenvalue weighted by Gasteiger charge is -2.40. The third-order valence-corrected chi connectivity index (χ3v) is 24.5. The summed E-state index contributed by atoms with van der Waals surface area (Å²) in [5.41, 5.74) is 1.19. The van der Waals surface area contributed by atoms with E-state index < -0.39 is 54.2 Å². The number of benzene rings is 1. The van der Waals surface area contributed by atoms with Crippen LogP contribution in [-0.4, -0.2) is 54.2 Å². The maximum Gasteiger partial charge on any atom is 0.205 e. The van der Waals surface area contributed by atoms with Crippen molar-refractivity contribution >= 4 is 75.9 Å². The first-order valence-electron chi connectivity index (χ1n) is 13.1. The third kappa shape index (κ3) is 10.8. The lowest BCUT2D eigenvalue weighted by molar-refractivity contribution is 0.545. The van der Waals surface area contributed by atoms with Gasteiger partial charge in [0.15, 0.2) is 29.3 Å². The zero-order valence-corrected chi connectivity index (χ0v) is 33.0. The first kappa shape index (κ1) is 33.2. The molecule has 202 valence electrons. The van der Waals surface area contributed by atoms with Gasteiger partial charge in [0.1, 0.15) is 0 Å². The van der Waals surface area contributed by atoms with Gasteiger partial charge in [0.25, 0.3) is 0 Å². The van der Waals surface area contributed by atoms with Crippen LogP contribution in [0.15, 0.2) is 18.7 Å². The van der Waals surface area contributed by atoms with Gasteiger partial charge in [-0.1, -0.05) is 87.1 Å². The van der Waals surface area contributed by atoms with Crippen molar-refractivity contribution in [1.82, 2.24) is 0 Å². The second-order valence-corrected chi connectivity index (χ2v) is 36.6. The smallest absolute Gasteiger partial charge is 0.205 e. The number of rotatable bonds is 10. The molecule has 0 heterocycles. The van der Waals surface area contributed by atoms with E-state index in [-0.39, 0.29) is 15.1 Å². The van der Waals surface area contributed by atoms with Gasteiger partial charge >= 0.3 is 0 Å². The van der Waals surface area contributed by atoms with Crippen LogP contribution < -0.4 is 15.6 Å². The summed E-state index contributed by atoms with van der Waals surface area (Å²) in [7, 11) is -8.61. The molecule has 1 aromatic rings. The van der Waals surface area contributed by atoms with Crippen LogP contribution in [0.2, 0.25) is 54.4 Å². The molecule has 0 spiro atoms. The van der Waals surface area contributed by atoms with Gasteiger partial charge in [-0.25, -0.2) is 0 Å². The van der Waals surface area contributed by atoms with E-state index in [1.54, 1.807) is 0 Å². The van der Waals surface area contributed by atoms with Crippen LogP contribution in [0.4, 0.5) is 0 Å². The Kier molecular flexibility index (Phi) is 10.9. The molecule has 0 bridgehead atoms. The summed E-state index contributed by atoms with van der Waals surface area (Å²) in [6.45, 7) is 39.4. The number of hydrogen-bond donors (Lipinski definition) is 0. The quantitative estimate of drug-likeness (QED) is 0.379. The molecule has 0 aliphatic carbocycles. The minimum Gasteiger partial charge on any atom is -0.457 e. The van der Waals surface area contributed by atoms with E-state index in [4.69, 9.17) is 12.3 Å². The average molecular weight is 585 g/mol. The van der Waals surface area contributed by atoms with E-state index in [1.165, 1.54) is 21.1 Å². The van der Waals surface area contributed by atoms with Gasteiger partial charge in [0.05, 0.1) is 0 Å². The van der Waals surface area contributed by atoms with Crippen molar-refractivity contribution in [3.63, 3.8) is 0 Å². The Hall–Kier alpha value is 0.141. The van der Waals surface area contributed by atoms with Crippen LogP contribution >= 0.6 is 0 Å². The molecule has 1 rings (SSSR count). The first-order valence-corrected chi connectivity index (χ1v) is 25.7. The maximum absolute atomic E-state index is 7.02. The van der Waals surface area contributed by atoms with E-state index in [2.05, 4.69) is 120 Å². The zero-order valence-electron chi connectivity index (χ0n) is 25.8. The second kappa shape index (κ2) is 11.5. The van der Waals surface area contributed by atoms with Crippen LogP contribution in [0.1, 0.15) is 67.9 Å². The highest BCUT2D eigenvalue weighted by molar-refractivity contribution is 7.02. The molecular weight excluding hydrogens is 529 g/mol. The van der Waals surface area contributed by atoms with E-state index in [1.807, 2.05) is 6.08 Å². The van der Waals surface area contributed by atoms with Crippen molar-refractivity contribution in [2.24, 2.45) is 0 Å². The molecule has 0 amide bonds. The topological polar surface area (TPSA) is 27.7 Å². The minimum atomic E-state index is -2.22. The van der Waals surface area contributed by atoms with Crippen LogP contribution in [0.5, 0.6) is 0 Å². The van der Waals surface area contributed by atoms with Crippen molar-refractivity contribution < 1.29 is 12.3 Å². The molecule has 0 saturated heterocycles. The largest absolute Gasteiger partial charge is 0.457 e. The standard InChI is InChI=1S/C26H56O3Si6/c1-17-20-18-21(33(11,12)27-30-24(2,3)4)23(35(15,16)29-32-26(8,9)10)22(19-20)34(13,14)28-31-25(5,6)7/h17-19H,1,30-32H2,2-16H3. The fourth-order valence-electron chi connectivity index (χ4n) is 3.80. The lowest BCUT2D eigenvalue weighted by atomic mass is 10.2. The zero-order chi connectivity index (χ0) is 27.7. The van der Waals surface area contributed by atoms with Crippen molar-refractivity contribution in [3.05, 3.63) is 24.3 Å². The van der Waals surface area contributed by atoms with Gasteiger partial charge in [0, 0.05) is 0 Å². The molecule has 0 aliphatic rings. The van der Waals surface area contributed by atoms with E-state index in [0.717, 1.165) is 0 Å². The second-order valence-electron chi connectivity index (χ2n) is 15.3. The molecule has 0 aromatic heterocycles. The molecular formula is C26H56O3Si6. The summed E-state index contributed by atoms with van der Waals surface area (Å²) in [6.07, 6.45) is 2.01. The van der Waals surface area contributed by atoms with Gasteiger partial charge in [-0.2, -0.15) is 0 Å². The summed E-state index contributed by atoms with van der Waals surface area (Å²) in [5.74, 6) is 0. The van der Waals surface area contributed by atoms with E-state index in [9.17, 15) is 0 Å².